The largest absolute Gasteiger partial charge is 0.350 e. The molecule has 1 unspecified atom stereocenters. The SMILES string of the molecule is CC(=O)c1nn(CC(=O)N(CC(=O)NCc2cccc(Cl)c2F)C2CC2)c2ccc(NC(=O)C(C)N)cc12. The summed E-state index contributed by atoms with van der Waals surface area (Å²) in [5.74, 6) is -2.06. The molecular formula is C26H28ClFN6O4. The van der Waals surface area contributed by atoms with Crippen molar-refractivity contribution in [3.05, 3.63) is 58.5 Å². The molecule has 0 aliphatic heterocycles. The maximum Gasteiger partial charge on any atom is 0.245 e. The Kier molecular flexibility index (Phi) is 8.08. The van der Waals surface area contributed by atoms with Gasteiger partial charge in [0.1, 0.15) is 18.1 Å². The molecule has 1 fully saturated rings. The molecular weight excluding hydrogens is 515 g/mol. The molecule has 1 atom stereocenters. The minimum absolute atomic E-state index is 0.0358. The predicted molar refractivity (Wildman–Crippen MR) is 140 cm³/mol. The number of aromatic nitrogens is 2. The molecule has 1 saturated carbocycles. The van der Waals surface area contributed by atoms with E-state index in [0.29, 0.717) is 16.6 Å². The molecule has 4 N–H and O–H groups in total. The number of nitrogens with zero attached hydrogens (tertiary/aromatic N) is 3. The van der Waals surface area contributed by atoms with Gasteiger partial charge in [-0.05, 0) is 44.0 Å². The molecule has 1 heterocycles. The first kappa shape index (κ1) is 27.2. The van der Waals surface area contributed by atoms with Crippen LogP contribution in [0.4, 0.5) is 10.1 Å². The number of hydrogen-bond acceptors (Lipinski definition) is 6. The lowest BCUT2D eigenvalue weighted by molar-refractivity contribution is -0.137. The fourth-order valence-corrected chi connectivity index (χ4v) is 4.20. The highest BCUT2D eigenvalue weighted by Gasteiger charge is 2.34. The van der Waals surface area contributed by atoms with Crippen LogP contribution in [-0.2, 0) is 27.5 Å². The summed E-state index contributed by atoms with van der Waals surface area (Å²) in [7, 11) is 0. The average molecular weight is 543 g/mol. The zero-order chi connectivity index (χ0) is 27.6. The molecule has 38 heavy (non-hydrogen) atoms. The van der Waals surface area contributed by atoms with Gasteiger partial charge in [-0.3, -0.25) is 23.9 Å². The number of hydrogen-bond donors (Lipinski definition) is 3. The van der Waals surface area contributed by atoms with Crippen LogP contribution in [0.5, 0.6) is 0 Å². The van der Waals surface area contributed by atoms with Gasteiger partial charge in [-0.15, -0.1) is 0 Å². The van der Waals surface area contributed by atoms with E-state index in [1.165, 1.54) is 28.6 Å². The van der Waals surface area contributed by atoms with Gasteiger partial charge in [0.2, 0.25) is 17.7 Å². The predicted octanol–water partition coefficient (Wildman–Crippen LogP) is 2.62. The van der Waals surface area contributed by atoms with E-state index in [1.807, 2.05) is 0 Å². The Labute approximate surface area is 223 Å². The van der Waals surface area contributed by atoms with Gasteiger partial charge in [-0.2, -0.15) is 5.10 Å². The number of Topliss-reactive ketones (excluding diaryl/α,β-unsaturated/α-hetero) is 1. The van der Waals surface area contributed by atoms with Gasteiger partial charge >= 0.3 is 0 Å². The summed E-state index contributed by atoms with van der Waals surface area (Å²) in [6.45, 7) is 2.47. The first-order chi connectivity index (χ1) is 18.0. The summed E-state index contributed by atoms with van der Waals surface area (Å²) in [6.07, 6.45) is 1.53. The molecule has 0 bridgehead atoms. The van der Waals surface area contributed by atoms with Gasteiger partial charge in [0.05, 0.1) is 23.1 Å². The molecule has 0 radical (unpaired) electrons. The molecule has 0 saturated heterocycles. The fraction of sp³-hybridized carbons (Fsp3) is 0.346. The number of carbonyl (C=O) groups is 4. The van der Waals surface area contributed by atoms with Crippen LogP contribution in [0.3, 0.4) is 0 Å². The molecule has 200 valence electrons. The van der Waals surface area contributed by atoms with Crippen LogP contribution in [0, 0.1) is 5.82 Å². The lowest BCUT2D eigenvalue weighted by Crippen LogP contribution is -2.43. The van der Waals surface area contributed by atoms with Crippen LogP contribution < -0.4 is 16.4 Å². The van der Waals surface area contributed by atoms with Crippen LogP contribution in [-0.4, -0.2) is 56.8 Å². The summed E-state index contributed by atoms with van der Waals surface area (Å²) in [6, 6.07) is 8.65. The maximum absolute atomic E-state index is 14.1. The molecule has 3 aromatic rings. The Balaban J connectivity index is 1.49. The Morgan fingerprint density at radius 1 is 1.24 bits per heavy atom. The van der Waals surface area contributed by atoms with E-state index in [2.05, 4.69) is 15.7 Å². The number of rotatable bonds is 10. The summed E-state index contributed by atoms with van der Waals surface area (Å²) in [4.78, 5) is 51.6. The standard InChI is InChI=1S/C26H28ClFN6O4/c1-14(29)26(38)31-17-6-9-21-19(10-17)25(15(2)35)32-34(21)13-23(37)33(18-7-8-18)12-22(36)30-11-16-4-3-5-20(27)24(16)28/h3-6,9-10,14,18H,7-8,11-13,29H2,1-2H3,(H,30,36)(H,31,38). The molecule has 1 aromatic heterocycles. The fourth-order valence-electron chi connectivity index (χ4n) is 4.01. The third kappa shape index (κ3) is 6.17. The van der Waals surface area contributed by atoms with Crippen LogP contribution in [0.15, 0.2) is 36.4 Å². The molecule has 4 rings (SSSR count). The molecule has 10 nitrogen and oxygen atoms in total. The minimum Gasteiger partial charge on any atom is -0.350 e. The third-order valence-electron chi connectivity index (χ3n) is 6.18. The summed E-state index contributed by atoms with van der Waals surface area (Å²) in [5.41, 5.74) is 6.98. The van der Waals surface area contributed by atoms with E-state index in [9.17, 15) is 23.6 Å². The second kappa shape index (κ2) is 11.3. The van der Waals surface area contributed by atoms with Crippen molar-refractivity contribution in [2.45, 2.75) is 51.9 Å². The Bertz CT molecular complexity index is 1420. The zero-order valence-electron chi connectivity index (χ0n) is 21.0. The van der Waals surface area contributed by atoms with Crippen molar-refractivity contribution in [3.8, 4) is 0 Å². The lowest BCUT2D eigenvalue weighted by atomic mass is 10.1. The van der Waals surface area contributed by atoms with Crippen LogP contribution in [0.2, 0.25) is 5.02 Å². The quantitative estimate of drug-likeness (QED) is 0.336. The van der Waals surface area contributed by atoms with Gasteiger partial charge in [-0.1, -0.05) is 23.7 Å². The number of benzene rings is 2. The van der Waals surface area contributed by atoms with E-state index in [0.717, 1.165) is 12.8 Å². The second-order valence-corrected chi connectivity index (χ2v) is 9.72. The molecule has 2 aromatic carbocycles. The molecule has 12 heteroatoms. The Morgan fingerprint density at radius 2 is 1.97 bits per heavy atom. The van der Waals surface area contributed by atoms with E-state index < -0.39 is 17.8 Å². The van der Waals surface area contributed by atoms with Gasteiger partial charge < -0.3 is 21.3 Å². The first-order valence-electron chi connectivity index (χ1n) is 12.1. The van der Waals surface area contributed by atoms with Crippen molar-refractivity contribution in [3.63, 3.8) is 0 Å². The number of anilines is 1. The highest BCUT2D eigenvalue weighted by molar-refractivity contribution is 6.30. The Hall–Kier alpha value is -3.83. The van der Waals surface area contributed by atoms with Crippen molar-refractivity contribution in [2.75, 3.05) is 11.9 Å². The van der Waals surface area contributed by atoms with Gasteiger partial charge in [0.15, 0.2) is 5.78 Å². The highest BCUT2D eigenvalue weighted by Crippen LogP contribution is 2.28. The number of ketones is 1. The molecule has 1 aliphatic rings. The third-order valence-corrected chi connectivity index (χ3v) is 6.47. The van der Waals surface area contributed by atoms with E-state index >= 15 is 0 Å². The van der Waals surface area contributed by atoms with Gasteiger partial charge in [0.25, 0.3) is 0 Å². The summed E-state index contributed by atoms with van der Waals surface area (Å²) < 4.78 is 15.5. The number of nitrogens with two attached hydrogens (primary N) is 1. The maximum atomic E-state index is 14.1. The number of fused-ring (bicyclic) bond motifs is 1. The van der Waals surface area contributed by atoms with Gasteiger partial charge in [0, 0.05) is 36.1 Å². The zero-order valence-corrected chi connectivity index (χ0v) is 21.7. The molecule has 3 amide bonds. The minimum atomic E-state index is -0.714. The smallest absolute Gasteiger partial charge is 0.245 e. The highest BCUT2D eigenvalue weighted by atomic mass is 35.5. The van der Waals surface area contributed by atoms with E-state index in [-0.39, 0.29) is 59.6 Å². The lowest BCUT2D eigenvalue weighted by Gasteiger charge is -2.22. The number of carbonyl (C=O) groups excluding carboxylic acids is 4. The van der Waals surface area contributed by atoms with Crippen molar-refractivity contribution < 1.29 is 23.6 Å². The first-order valence-corrected chi connectivity index (χ1v) is 12.5. The van der Waals surface area contributed by atoms with Crippen molar-refractivity contribution in [1.82, 2.24) is 20.0 Å². The van der Waals surface area contributed by atoms with Crippen molar-refractivity contribution >= 4 is 51.7 Å². The number of halogens is 2. The van der Waals surface area contributed by atoms with E-state index in [4.69, 9.17) is 17.3 Å². The van der Waals surface area contributed by atoms with E-state index in [1.54, 1.807) is 31.2 Å². The summed E-state index contributed by atoms with van der Waals surface area (Å²) >= 11 is 5.79. The number of nitrogens with one attached hydrogen (secondary N) is 2. The van der Waals surface area contributed by atoms with Crippen molar-refractivity contribution in [1.29, 1.82) is 0 Å². The normalized spacial score (nSPS) is 13.7. The summed E-state index contributed by atoms with van der Waals surface area (Å²) in [5, 5.41) is 10.1. The van der Waals surface area contributed by atoms with Gasteiger partial charge in [-0.25, -0.2) is 4.39 Å². The monoisotopic (exact) mass is 542 g/mol. The topological polar surface area (TPSA) is 139 Å². The van der Waals surface area contributed by atoms with Crippen molar-refractivity contribution in [2.24, 2.45) is 5.73 Å². The molecule has 1 aliphatic carbocycles. The van der Waals surface area contributed by atoms with Crippen LogP contribution in [0.25, 0.3) is 10.9 Å². The average Bonchev–Trinajstić information content (AvgIpc) is 3.65. The van der Waals surface area contributed by atoms with Crippen LogP contribution in [0.1, 0.15) is 42.7 Å². The van der Waals surface area contributed by atoms with Crippen LogP contribution >= 0.6 is 11.6 Å². The second-order valence-electron chi connectivity index (χ2n) is 9.31. The Morgan fingerprint density at radius 3 is 2.63 bits per heavy atom. The molecule has 0 spiro atoms. The number of amides is 3.